The van der Waals surface area contributed by atoms with Gasteiger partial charge in [0, 0.05) is 19.5 Å². The van der Waals surface area contributed by atoms with E-state index in [1.807, 2.05) is 42.2 Å². The molecule has 0 saturated carbocycles. The van der Waals surface area contributed by atoms with E-state index in [1.165, 1.54) is 0 Å². The topological polar surface area (TPSA) is 156 Å². The summed E-state index contributed by atoms with van der Waals surface area (Å²) in [6.45, 7) is 4.18. The van der Waals surface area contributed by atoms with Crippen LogP contribution < -0.4 is 20.9 Å². The number of benzene rings is 1. The normalized spacial score (nSPS) is 24.0. The van der Waals surface area contributed by atoms with Gasteiger partial charge in [0.2, 0.25) is 17.4 Å². The highest BCUT2D eigenvalue weighted by Gasteiger charge is 2.63. The van der Waals surface area contributed by atoms with Gasteiger partial charge in [-0.3, -0.25) is 25.0 Å². The Hall–Kier alpha value is -4.03. The molecule has 0 bridgehead atoms. The lowest BCUT2D eigenvalue weighted by molar-refractivity contribution is -0.153. The van der Waals surface area contributed by atoms with Crippen LogP contribution in [-0.4, -0.2) is 58.7 Å². The Morgan fingerprint density at radius 2 is 1.89 bits per heavy atom. The van der Waals surface area contributed by atoms with Crippen LogP contribution in [0, 0.1) is 5.41 Å². The van der Waals surface area contributed by atoms with Crippen molar-refractivity contribution in [2.45, 2.75) is 45.1 Å². The minimum atomic E-state index is -1.72. The lowest BCUT2D eigenvalue weighted by Crippen LogP contribution is -2.75. The highest BCUT2D eigenvalue weighted by atomic mass is 35.5. The number of pyridine rings is 1. The summed E-state index contributed by atoms with van der Waals surface area (Å²) in [6, 6.07) is 7.67. The number of aromatic nitrogens is 2. The average Bonchev–Trinajstić information content (AvgIpc) is 3.30. The van der Waals surface area contributed by atoms with E-state index in [0.29, 0.717) is 17.9 Å². The second-order valence-electron chi connectivity index (χ2n) is 9.73. The summed E-state index contributed by atoms with van der Waals surface area (Å²) in [6.07, 6.45) is -1.01. The van der Waals surface area contributed by atoms with E-state index >= 15 is 0 Å². The number of rotatable bonds is 3. The van der Waals surface area contributed by atoms with Gasteiger partial charge in [0.15, 0.2) is 11.1 Å². The molecule has 0 radical (unpaired) electrons. The van der Waals surface area contributed by atoms with Crippen LogP contribution in [0.3, 0.4) is 0 Å². The van der Waals surface area contributed by atoms with E-state index in [4.69, 9.17) is 20.9 Å². The van der Waals surface area contributed by atoms with Crippen LogP contribution >= 0.6 is 11.6 Å². The van der Waals surface area contributed by atoms with Gasteiger partial charge in [0.25, 0.3) is 5.91 Å². The van der Waals surface area contributed by atoms with Gasteiger partial charge in [0.1, 0.15) is 10.5 Å². The molecule has 3 aliphatic heterocycles. The zero-order valence-electron chi connectivity index (χ0n) is 20.4. The number of halogens is 1. The molecule has 2 saturated heterocycles. The highest BCUT2D eigenvalue weighted by molar-refractivity contribution is 6.38. The van der Waals surface area contributed by atoms with Crippen LogP contribution in [0.4, 0.5) is 10.5 Å². The number of amides is 5. The first-order chi connectivity index (χ1) is 18.2. The van der Waals surface area contributed by atoms with E-state index in [0.717, 1.165) is 5.56 Å². The van der Waals surface area contributed by atoms with Crippen LogP contribution in [0.1, 0.15) is 35.6 Å². The van der Waals surface area contributed by atoms with E-state index in [9.17, 15) is 19.2 Å². The van der Waals surface area contributed by atoms with Gasteiger partial charge in [-0.1, -0.05) is 47.1 Å². The molecule has 0 aliphatic carbocycles. The fraction of sp³-hybridized carbons (Fsp3) is 0.360. The fourth-order valence-corrected chi connectivity index (χ4v) is 6.11. The number of nitrogens with zero attached hydrogens (tertiary/aromatic N) is 3. The number of morpholine rings is 1. The van der Waals surface area contributed by atoms with Gasteiger partial charge in [-0.25, -0.2) is 9.78 Å². The number of anilines is 1. The van der Waals surface area contributed by atoms with Gasteiger partial charge >= 0.3 is 6.03 Å². The standard InChI is InChI=1S/C25H23ClN6O6/c1-11-10-32-18-14(8-25(20(32)12(2)37-11)22(34)29-24(36)30-23(25)35)28-16-17(31-38-19(16)15(18)26)21(33)27-9-13-6-4-3-5-7-13/h3-7,11-12,20H,8-10H2,1-2H3,(H,27,33)(H2,29,30,34,35,36)/t11-,12+,20-/m1/s1. The number of fused-ring (bicyclic) bond motifs is 5. The van der Waals surface area contributed by atoms with Crippen molar-refractivity contribution in [3.63, 3.8) is 0 Å². The first-order valence-electron chi connectivity index (χ1n) is 12.1. The number of carbonyl (C=O) groups excluding carboxylic acids is 4. The summed E-state index contributed by atoms with van der Waals surface area (Å²) in [5.74, 6) is -2.02. The number of carbonyl (C=O) groups is 4. The van der Waals surface area contributed by atoms with E-state index < -0.39 is 41.3 Å². The van der Waals surface area contributed by atoms with Gasteiger partial charge in [0.05, 0.1) is 29.6 Å². The summed E-state index contributed by atoms with van der Waals surface area (Å²) < 4.78 is 11.5. The van der Waals surface area contributed by atoms with E-state index in [2.05, 4.69) is 26.1 Å². The Morgan fingerprint density at radius 3 is 2.61 bits per heavy atom. The van der Waals surface area contributed by atoms with Crippen molar-refractivity contribution >= 4 is 52.1 Å². The van der Waals surface area contributed by atoms with Crippen molar-refractivity contribution in [3.05, 3.63) is 52.3 Å². The molecule has 3 aliphatic rings. The molecular formula is C25H23ClN6O6. The molecule has 2 fully saturated rings. The molecule has 6 rings (SSSR count). The zero-order chi connectivity index (χ0) is 26.8. The van der Waals surface area contributed by atoms with Crippen molar-refractivity contribution in [1.82, 2.24) is 26.1 Å². The number of hydrogen-bond donors (Lipinski definition) is 3. The van der Waals surface area contributed by atoms with Crippen LogP contribution in [0.2, 0.25) is 5.02 Å². The van der Waals surface area contributed by atoms with Crippen molar-refractivity contribution in [1.29, 1.82) is 0 Å². The quantitative estimate of drug-likeness (QED) is 0.422. The lowest BCUT2D eigenvalue weighted by atomic mass is 9.67. The molecule has 3 aromatic rings. The third-order valence-electron chi connectivity index (χ3n) is 7.29. The van der Waals surface area contributed by atoms with Crippen LogP contribution in [0.5, 0.6) is 0 Å². The second kappa shape index (κ2) is 8.77. The average molecular weight is 539 g/mol. The largest absolute Gasteiger partial charge is 0.372 e. The molecule has 196 valence electrons. The Bertz CT molecular complexity index is 1490. The molecule has 0 unspecified atom stereocenters. The summed E-state index contributed by atoms with van der Waals surface area (Å²) in [7, 11) is 0. The smallest absolute Gasteiger partial charge is 0.328 e. The molecule has 3 atom stereocenters. The van der Waals surface area contributed by atoms with Crippen molar-refractivity contribution < 1.29 is 28.4 Å². The third-order valence-corrected chi connectivity index (χ3v) is 7.64. The Morgan fingerprint density at radius 1 is 1.18 bits per heavy atom. The molecule has 5 amide bonds. The number of hydrogen-bond acceptors (Lipinski definition) is 9. The Balaban J connectivity index is 1.46. The number of urea groups is 1. The molecule has 13 heteroatoms. The molecular weight excluding hydrogens is 516 g/mol. The molecule has 12 nitrogen and oxygen atoms in total. The molecule has 38 heavy (non-hydrogen) atoms. The summed E-state index contributed by atoms with van der Waals surface area (Å²) >= 11 is 6.85. The number of barbiturate groups is 1. The van der Waals surface area contributed by atoms with Gasteiger partial charge in [-0.15, -0.1) is 0 Å². The first kappa shape index (κ1) is 24.3. The van der Waals surface area contributed by atoms with E-state index in [1.54, 1.807) is 6.92 Å². The SMILES string of the molecule is C[C@@H]1CN2c3c(nc4c(C(=O)NCc5ccccc5)noc4c3Cl)CC3(C(=O)NC(=O)NC3=O)[C@H]2[C@H](C)O1. The van der Waals surface area contributed by atoms with Gasteiger partial charge in [-0.05, 0) is 19.4 Å². The Labute approximate surface area is 221 Å². The highest BCUT2D eigenvalue weighted by Crippen LogP contribution is 2.50. The minimum Gasteiger partial charge on any atom is -0.372 e. The molecule has 5 heterocycles. The van der Waals surface area contributed by atoms with Crippen LogP contribution in [-0.2, 0) is 27.3 Å². The summed E-state index contributed by atoms with van der Waals surface area (Å²) in [5, 5.41) is 11.3. The predicted octanol–water partition coefficient (Wildman–Crippen LogP) is 1.70. The monoisotopic (exact) mass is 538 g/mol. The van der Waals surface area contributed by atoms with Crippen molar-refractivity contribution in [3.8, 4) is 0 Å². The number of nitrogens with one attached hydrogen (secondary N) is 3. The lowest BCUT2D eigenvalue weighted by Gasteiger charge is -2.55. The first-order valence-corrected chi connectivity index (χ1v) is 12.5. The Kier molecular flexibility index (Phi) is 5.61. The van der Waals surface area contributed by atoms with Gasteiger partial charge < -0.3 is 19.5 Å². The summed E-state index contributed by atoms with van der Waals surface area (Å²) in [5.41, 5.74) is 0.0935. The minimum absolute atomic E-state index is 0.0757. The maximum atomic E-state index is 13.3. The van der Waals surface area contributed by atoms with Crippen LogP contribution in [0.15, 0.2) is 34.9 Å². The predicted molar refractivity (Wildman–Crippen MR) is 133 cm³/mol. The van der Waals surface area contributed by atoms with Crippen molar-refractivity contribution in [2.75, 3.05) is 11.4 Å². The fourth-order valence-electron chi connectivity index (χ4n) is 5.77. The second-order valence-corrected chi connectivity index (χ2v) is 10.1. The van der Waals surface area contributed by atoms with Crippen LogP contribution in [0.25, 0.3) is 11.1 Å². The van der Waals surface area contributed by atoms with E-state index in [-0.39, 0.29) is 40.9 Å². The molecule has 3 N–H and O–H groups in total. The maximum absolute atomic E-state index is 13.3. The maximum Gasteiger partial charge on any atom is 0.328 e. The zero-order valence-corrected chi connectivity index (χ0v) is 21.2. The number of ether oxygens (including phenoxy) is 1. The summed E-state index contributed by atoms with van der Waals surface area (Å²) in [4.78, 5) is 58.1. The third kappa shape index (κ3) is 3.55. The number of imide groups is 2. The molecule has 1 aromatic carbocycles. The molecule has 2 aromatic heterocycles. The molecule has 1 spiro atoms. The van der Waals surface area contributed by atoms with Crippen molar-refractivity contribution in [2.24, 2.45) is 5.41 Å². The van der Waals surface area contributed by atoms with Gasteiger partial charge in [-0.2, -0.15) is 0 Å².